The van der Waals surface area contributed by atoms with Crippen LogP contribution in [-0.2, 0) is 16.0 Å². The van der Waals surface area contributed by atoms with Crippen molar-refractivity contribution in [2.24, 2.45) is 0 Å². The van der Waals surface area contributed by atoms with Crippen molar-refractivity contribution in [2.45, 2.75) is 31.7 Å². The fourth-order valence-corrected chi connectivity index (χ4v) is 2.49. The summed E-state index contributed by atoms with van der Waals surface area (Å²) in [6.07, 6.45) is -0.197. The van der Waals surface area contributed by atoms with Gasteiger partial charge in [-0.15, -0.1) is 0 Å². The van der Waals surface area contributed by atoms with Crippen molar-refractivity contribution in [3.63, 3.8) is 0 Å². The topological polar surface area (TPSA) is 86.7 Å². The molecule has 1 saturated heterocycles. The first-order valence-corrected chi connectivity index (χ1v) is 7.24. The van der Waals surface area contributed by atoms with Crippen LogP contribution in [0.4, 0.5) is 18.0 Å². The van der Waals surface area contributed by atoms with E-state index in [-0.39, 0.29) is 30.9 Å². The number of nitrogens with zero attached hydrogens (tertiary/aromatic N) is 1. The quantitative estimate of drug-likeness (QED) is 0.798. The minimum atomic E-state index is -1.36. The lowest BCUT2D eigenvalue weighted by molar-refractivity contribution is -0.137. The molecular weight excluding hydrogens is 329 g/mol. The van der Waals surface area contributed by atoms with E-state index < -0.39 is 41.9 Å². The van der Waals surface area contributed by atoms with Gasteiger partial charge >= 0.3 is 12.0 Å². The van der Waals surface area contributed by atoms with Crippen LogP contribution in [0.1, 0.15) is 24.8 Å². The summed E-state index contributed by atoms with van der Waals surface area (Å²) in [5, 5.41) is 11.2. The number of halogens is 3. The Hall–Kier alpha value is -2.58. The van der Waals surface area contributed by atoms with Crippen molar-refractivity contribution < 1.29 is 32.7 Å². The lowest BCUT2D eigenvalue weighted by Crippen LogP contribution is -2.46. The number of nitrogens with one attached hydrogen (secondary N) is 1. The average molecular weight is 344 g/mol. The summed E-state index contributed by atoms with van der Waals surface area (Å²) in [5.41, 5.74) is -0.270. The van der Waals surface area contributed by atoms with Crippen molar-refractivity contribution in [1.82, 2.24) is 10.2 Å². The van der Waals surface area contributed by atoms with Crippen LogP contribution in [0.15, 0.2) is 12.1 Å². The molecule has 24 heavy (non-hydrogen) atoms. The molecule has 1 atom stereocenters. The van der Waals surface area contributed by atoms with E-state index in [0.717, 1.165) is 4.90 Å². The Bertz CT molecular complexity index is 681. The summed E-state index contributed by atoms with van der Waals surface area (Å²) in [4.78, 5) is 35.4. The summed E-state index contributed by atoms with van der Waals surface area (Å²) in [5.74, 6) is -5.34. The lowest BCUT2D eigenvalue weighted by atomic mass is 10.0. The van der Waals surface area contributed by atoms with Gasteiger partial charge in [0.05, 0.1) is 6.42 Å². The Labute approximate surface area is 135 Å². The van der Waals surface area contributed by atoms with Gasteiger partial charge in [-0.1, -0.05) is 0 Å². The van der Waals surface area contributed by atoms with Crippen molar-refractivity contribution >= 4 is 17.9 Å². The van der Waals surface area contributed by atoms with Crippen molar-refractivity contribution in [3.8, 4) is 0 Å². The third-order valence-corrected chi connectivity index (χ3v) is 3.62. The van der Waals surface area contributed by atoms with Crippen molar-refractivity contribution in [3.05, 3.63) is 35.1 Å². The Morgan fingerprint density at radius 1 is 1.21 bits per heavy atom. The van der Waals surface area contributed by atoms with E-state index in [2.05, 4.69) is 5.32 Å². The number of imide groups is 1. The Balaban J connectivity index is 2.13. The first-order chi connectivity index (χ1) is 11.3. The third kappa shape index (κ3) is 4.24. The molecule has 0 spiro atoms. The second kappa shape index (κ2) is 7.33. The highest BCUT2D eigenvalue weighted by Crippen LogP contribution is 2.17. The molecule has 0 radical (unpaired) electrons. The lowest BCUT2D eigenvalue weighted by Gasteiger charge is -2.21. The van der Waals surface area contributed by atoms with E-state index in [4.69, 9.17) is 5.11 Å². The highest BCUT2D eigenvalue weighted by atomic mass is 19.2. The first kappa shape index (κ1) is 17.8. The van der Waals surface area contributed by atoms with Gasteiger partial charge in [-0.2, -0.15) is 0 Å². The fourth-order valence-electron chi connectivity index (χ4n) is 2.49. The van der Waals surface area contributed by atoms with Gasteiger partial charge in [-0.05, 0) is 24.5 Å². The number of hydrogen-bond acceptors (Lipinski definition) is 3. The molecule has 1 aromatic carbocycles. The molecule has 0 aliphatic carbocycles. The smallest absolute Gasteiger partial charge is 0.324 e. The predicted octanol–water partition coefficient (Wildman–Crippen LogP) is 1.82. The number of carbonyl (C=O) groups excluding carboxylic acids is 2. The highest BCUT2D eigenvalue weighted by molar-refractivity contribution is 5.96. The number of carboxylic acid groups (broad SMARTS) is 1. The molecule has 1 aromatic rings. The van der Waals surface area contributed by atoms with Gasteiger partial charge in [0.1, 0.15) is 5.82 Å². The molecule has 130 valence electrons. The fraction of sp³-hybridized carbons (Fsp3) is 0.400. The number of aliphatic carboxylic acids is 1. The summed E-state index contributed by atoms with van der Waals surface area (Å²) in [6.45, 7) is 0.212. The van der Waals surface area contributed by atoms with E-state index in [1.54, 1.807) is 0 Å². The second-order valence-electron chi connectivity index (χ2n) is 5.46. The maximum Gasteiger partial charge on any atom is 0.324 e. The molecular formula is C15H15F3N2O4. The van der Waals surface area contributed by atoms with Crippen LogP contribution in [0, 0.1) is 17.5 Å². The number of hydrogen-bond donors (Lipinski definition) is 2. The van der Waals surface area contributed by atoms with Crippen LogP contribution < -0.4 is 5.32 Å². The van der Waals surface area contributed by atoms with Gasteiger partial charge in [0.25, 0.3) is 0 Å². The number of likely N-dealkylation sites (tertiary alicyclic amines) is 1. The highest BCUT2D eigenvalue weighted by Gasteiger charge is 2.29. The van der Waals surface area contributed by atoms with E-state index in [1.165, 1.54) is 0 Å². The summed E-state index contributed by atoms with van der Waals surface area (Å²) < 4.78 is 39.9. The molecule has 2 rings (SSSR count). The average Bonchev–Trinajstić information content (AvgIpc) is 2.90. The van der Waals surface area contributed by atoms with Gasteiger partial charge in [0, 0.05) is 25.1 Å². The molecule has 1 heterocycles. The molecule has 3 amide bonds. The zero-order valence-corrected chi connectivity index (χ0v) is 12.5. The summed E-state index contributed by atoms with van der Waals surface area (Å²) in [6, 6.07) is -0.893. The zero-order valence-electron chi connectivity index (χ0n) is 12.5. The number of carboxylic acids is 1. The van der Waals surface area contributed by atoms with Crippen LogP contribution in [-0.4, -0.2) is 40.5 Å². The third-order valence-electron chi connectivity index (χ3n) is 3.62. The summed E-state index contributed by atoms with van der Waals surface area (Å²) >= 11 is 0. The number of carbonyl (C=O) groups is 3. The number of urea groups is 1. The SMILES string of the molecule is O=C(O)CC(Cc1cc(F)c(F)cc1F)NC(=O)N1CCCC1=O. The van der Waals surface area contributed by atoms with Gasteiger partial charge in [0.2, 0.25) is 5.91 Å². The minimum absolute atomic E-state index is 0.212. The predicted molar refractivity (Wildman–Crippen MR) is 75.5 cm³/mol. The van der Waals surface area contributed by atoms with E-state index in [1.807, 2.05) is 0 Å². The zero-order chi connectivity index (χ0) is 17.9. The maximum absolute atomic E-state index is 13.7. The molecule has 6 nitrogen and oxygen atoms in total. The Morgan fingerprint density at radius 3 is 2.46 bits per heavy atom. The molecule has 9 heteroatoms. The number of amides is 3. The minimum Gasteiger partial charge on any atom is -0.481 e. The molecule has 1 aliphatic rings. The molecule has 0 aromatic heterocycles. The van der Waals surface area contributed by atoms with Crippen LogP contribution in [0.25, 0.3) is 0 Å². The molecule has 0 bridgehead atoms. The number of rotatable bonds is 5. The van der Waals surface area contributed by atoms with Crippen LogP contribution in [0.2, 0.25) is 0 Å². The van der Waals surface area contributed by atoms with Crippen LogP contribution >= 0.6 is 0 Å². The maximum atomic E-state index is 13.7. The largest absolute Gasteiger partial charge is 0.481 e. The van der Waals surface area contributed by atoms with Crippen LogP contribution in [0.5, 0.6) is 0 Å². The normalized spacial score (nSPS) is 15.5. The Morgan fingerprint density at radius 2 is 1.88 bits per heavy atom. The monoisotopic (exact) mass is 344 g/mol. The Kier molecular flexibility index (Phi) is 5.42. The summed E-state index contributed by atoms with van der Waals surface area (Å²) in [7, 11) is 0. The van der Waals surface area contributed by atoms with Crippen molar-refractivity contribution in [1.29, 1.82) is 0 Å². The molecule has 0 saturated carbocycles. The van der Waals surface area contributed by atoms with Gasteiger partial charge < -0.3 is 10.4 Å². The molecule has 1 aliphatic heterocycles. The molecule has 2 N–H and O–H groups in total. The second-order valence-corrected chi connectivity index (χ2v) is 5.46. The van der Waals surface area contributed by atoms with E-state index >= 15 is 0 Å². The van der Waals surface area contributed by atoms with E-state index in [9.17, 15) is 27.6 Å². The van der Waals surface area contributed by atoms with E-state index in [0.29, 0.717) is 18.6 Å². The van der Waals surface area contributed by atoms with Crippen LogP contribution in [0.3, 0.4) is 0 Å². The molecule has 1 unspecified atom stereocenters. The van der Waals surface area contributed by atoms with Crippen molar-refractivity contribution in [2.75, 3.05) is 6.54 Å². The first-order valence-electron chi connectivity index (χ1n) is 7.24. The van der Waals surface area contributed by atoms with Gasteiger partial charge in [-0.25, -0.2) is 18.0 Å². The number of benzene rings is 1. The van der Waals surface area contributed by atoms with Gasteiger partial charge in [-0.3, -0.25) is 14.5 Å². The standard InChI is InChI=1S/C15H15F3N2O4/c16-10-7-12(18)11(17)5-8(10)4-9(6-14(22)23)19-15(24)20-3-1-2-13(20)21/h5,7,9H,1-4,6H2,(H,19,24)(H,22,23). The molecule has 1 fully saturated rings. The van der Waals surface area contributed by atoms with Gasteiger partial charge in [0.15, 0.2) is 11.6 Å².